The molecule has 6 heteroatoms. The van der Waals surface area contributed by atoms with Gasteiger partial charge in [-0.15, -0.1) is 0 Å². The van der Waals surface area contributed by atoms with Gasteiger partial charge < -0.3 is 15.2 Å². The molecule has 122 valence electrons. The minimum absolute atomic E-state index is 0.261. The van der Waals surface area contributed by atoms with E-state index in [9.17, 15) is 4.79 Å². The average Bonchev–Trinajstić information content (AvgIpc) is 2.58. The monoisotopic (exact) mass is 315 g/mol. The van der Waals surface area contributed by atoms with Gasteiger partial charge in [-0.05, 0) is 43.8 Å². The van der Waals surface area contributed by atoms with Crippen LogP contribution in [-0.4, -0.2) is 35.9 Å². The molecule has 0 amide bonds. The molecule has 0 bridgehead atoms. The summed E-state index contributed by atoms with van der Waals surface area (Å²) in [5, 5.41) is 15.4. The predicted molar refractivity (Wildman–Crippen MR) is 87.5 cm³/mol. The average molecular weight is 315 g/mol. The SMILES string of the molecule is O=C(O)c1ccnc(CNCCCNCOc2ccccc2)c1. The first-order valence-corrected chi connectivity index (χ1v) is 7.53. The second-order valence-corrected chi connectivity index (χ2v) is 4.97. The zero-order valence-electron chi connectivity index (χ0n) is 12.9. The fourth-order valence-electron chi connectivity index (χ4n) is 1.99. The lowest BCUT2D eigenvalue weighted by Gasteiger charge is -2.08. The maximum Gasteiger partial charge on any atom is 0.335 e. The lowest BCUT2D eigenvalue weighted by atomic mass is 10.2. The number of rotatable bonds is 10. The molecular formula is C17H21N3O3. The van der Waals surface area contributed by atoms with Crippen molar-refractivity contribution in [1.29, 1.82) is 0 Å². The van der Waals surface area contributed by atoms with Gasteiger partial charge in [-0.1, -0.05) is 18.2 Å². The zero-order chi connectivity index (χ0) is 16.3. The molecule has 0 radical (unpaired) electrons. The van der Waals surface area contributed by atoms with Crippen LogP contribution in [0.25, 0.3) is 0 Å². The third-order valence-corrected chi connectivity index (χ3v) is 3.16. The van der Waals surface area contributed by atoms with Crippen LogP contribution in [0.2, 0.25) is 0 Å². The number of aromatic carboxylic acids is 1. The van der Waals surface area contributed by atoms with Crippen LogP contribution in [0.5, 0.6) is 5.75 Å². The summed E-state index contributed by atoms with van der Waals surface area (Å²) in [5.41, 5.74) is 0.988. The normalized spacial score (nSPS) is 10.4. The molecule has 2 rings (SSSR count). The van der Waals surface area contributed by atoms with Gasteiger partial charge >= 0.3 is 5.97 Å². The van der Waals surface area contributed by atoms with Gasteiger partial charge in [0.15, 0.2) is 0 Å². The van der Waals surface area contributed by atoms with Gasteiger partial charge in [0, 0.05) is 12.7 Å². The van der Waals surface area contributed by atoms with Crippen LogP contribution in [-0.2, 0) is 6.54 Å². The summed E-state index contributed by atoms with van der Waals surface area (Å²) in [5.74, 6) is -0.0845. The number of nitrogens with one attached hydrogen (secondary N) is 2. The second kappa shape index (κ2) is 9.55. The minimum atomic E-state index is -0.934. The lowest BCUT2D eigenvalue weighted by Crippen LogP contribution is -2.25. The minimum Gasteiger partial charge on any atom is -0.478 e. The molecule has 0 saturated heterocycles. The maximum absolute atomic E-state index is 10.9. The van der Waals surface area contributed by atoms with Gasteiger partial charge in [-0.2, -0.15) is 0 Å². The Hall–Kier alpha value is -2.44. The summed E-state index contributed by atoms with van der Waals surface area (Å²) < 4.78 is 5.52. The standard InChI is InChI=1S/C17H21N3O3/c21-17(22)14-7-10-20-15(11-14)12-18-8-4-9-19-13-23-16-5-2-1-3-6-16/h1-3,5-7,10-11,18-19H,4,8-9,12-13H2,(H,21,22). The highest BCUT2D eigenvalue weighted by Crippen LogP contribution is 2.06. The quantitative estimate of drug-likeness (QED) is 0.459. The fourth-order valence-corrected chi connectivity index (χ4v) is 1.99. The van der Waals surface area contributed by atoms with Crippen molar-refractivity contribution in [2.75, 3.05) is 19.8 Å². The molecule has 0 aliphatic rings. The molecule has 23 heavy (non-hydrogen) atoms. The molecule has 0 atom stereocenters. The number of aromatic nitrogens is 1. The molecule has 1 aromatic carbocycles. The number of para-hydroxylation sites is 1. The van der Waals surface area contributed by atoms with Gasteiger partial charge in [0.25, 0.3) is 0 Å². The van der Waals surface area contributed by atoms with E-state index < -0.39 is 5.97 Å². The van der Waals surface area contributed by atoms with Crippen molar-refractivity contribution in [3.05, 3.63) is 59.9 Å². The van der Waals surface area contributed by atoms with Crippen molar-refractivity contribution in [3.63, 3.8) is 0 Å². The molecule has 2 aromatic rings. The van der Waals surface area contributed by atoms with Crippen molar-refractivity contribution in [3.8, 4) is 5.75 Å². The van der Waals surface area contributed by atoms with Gasteiger partial charge in [0.05, 0.1) is 11.3 Å². The number of benzene rings is 1. The number of ether oxygens (including phenoxy) is 1. The molecular weight excluding hydrogens is 294 g/mol. The molecule has 3 N–H and O–H groups in total. The topological polar surface area (TPSA) is 83.5 Å². The summed E-state index contributed by atoms with van der Waals surface area (Å²) in [6, 6.07) is 12.7. The number of carbonyl (C=O) groups is 1. The first-order valence-electron chi connectivity index (χ1n) is 7.53. The Labute approximate surface area is 135 Å². The van der Waals surface area contributed by atoms with E-state index in [2.05, 4.69) is 15.6 Å². The Morgan fingerprint density at radius 3 is 2.70 bits per heavy atom. The highest BCUT2D eigenvalue weighted by Gasteiger charge is 2.03. The molecule has 0 aliphatic heterocycles. The predicted octanol–water partition coefficient (Wildman–Crippen LogP) is 1.89. The highest BCUT2D eigenvalue weighted by molar-refractivity contribution is 5.87. The van der Waals surface area contributed by atoms with Crippen LogP contribution >= 0.6 is 0 Å². The van der Waals surface area contributed by atoms with E-state index in [1.165, 1.54) is 12.3 Å². The Balaban J connectivity index is 1.52. The molecule has 0 aliphatic carbocycles. The zero-order valence-corrected chi connectivity index (χ0v) is 12.9. The second-order valence-electron chi connectivity index (χ2n) is 4.97. The Bertz CT molecular complexity index is 605. The van der Waals surface area contributed by atoms with E-state index >= 15 is 0 Å². The lowest BCUT2D eigenvalue weighted by molar-refractivity contribution is 0.0696. The number of hydrogen-bond donors (Lipinski definition) is 3. The van der Waals surface area contributed by atoms with Gasteiger partial charge in [-0.3, -0.25) is 10.3 Å². The third-order valence-electron chi connectivity index (χ3n) is 3.16. The van der Waals surface area contributed by atoms with E-state index in [0.717, 1.165) is 31.0 Å². The van der Waals surface area contributed by atoms with Crippen LogP contribution in [0.1, 0.15) is 22.5 Å². The Morgan fingerprint density at radius 1 is 1.13 bits per heavy atom. The molecule has 0 fully saturated rings. The van der Waals surface area contributed by atoms with Gasteiger partial charge in [-0.25, -0.2) is 4.79 Å². The summed E-state index contributed by atoms with van der Waals surface area (Å²) in [7, 11) is 0. The van der Waals surface area contributed by atoms with Crippen LogP contribution in [0.4, 0.5) is 0 Å². The van der Waals surface area contributed by atoms with Crippen molar-refractivity contribution < 1.29 is 14.6 Å². The van der Waals surface area contributed by atoms with Crippen LogP contribution in [0, 0.1) is 0 Å². The molecule has 0 spiro atoms. The number of hydrogen-bond acceptors (Lipinski definition) is 5. The Morgan fingerprint density at radius 2 is 1.91 bits per heavy atom. The third kappa shape index (κ3) is 6.46. The fraction of sp³-hybridized carbons (Fsp3) is 0.294. The first-order chi connectivity index (χ1) is 11.3. The van der Waals surface area contributed by atoms with E-state index in [-0.39, 0.29) is 5.56 Å². The number of pyridine rings is 1. The van der Waals surface area contributed by atoms with E-state index in [1.807, 2.05) is 30.3 Å². The number of carboxylic acids is 1. The summed E-state index contributed by atoms with van der Waals surface area (Å²) in [6.07, 6.45) is 2.46. The van der Waals surface area contributed by atoms with E-state index in [0.29, 0.717) is 13.3 Å². The molecule has 1 aromatic heterocycles. The van der Waals surface area contributed by atoms with Crippen molar-refractivity contribution >= 4 is 5.97 Å². The van der Waals surface area contributed by atoms with Crippen molar-refractivity contribution in [2.45, 2.75) is 13.0 Å². The number of nitrogens with zero attached hydrogens (tertiary/aromatic N) is 1. The van der Waals surface area contributed by atoms with Crippen molar-refractivity contribution in [1.82, 2.24) is 15.6 Å². The summed E-state index contributed by atoms with van der Waals surface area (Å²) in [4.78, 5) is 15.0. The number of carboxylic acid groups (broad SMARTS) is 1. The van der Waals surface area contributed by atoms with Crippen molar-refractivity contribution in [2.24, 2.45) is 0 Å². The maximum atomic E-state index is 10.9. The first kappa shape index (κ1) is 16.9. The van der Waals surface area contributed by atoms with E-state index in [4.69, 9.17) is 9.84 Å². The smallest absolute Gasteiger partial charge is 0.335 e. The summed E-state index contributed by atoms with van der Waals surface area (Å²) >= 11 is 0. The van der Waals surface area contributed by atoms with Gasteiger partial charge in [0.1, 0.15) is 12.5 Å². The van der Waals surface area contributed by atoms with Crippen LogP contribution in [0.3, 0.4) is 0 Å². The molecule has 1 heterocycles. The largest absolute Gasteiger partial charge is 0.478 e. The Kier molecular flexibility index (Phi) is 7.03. The molecule has 6 nitrogen and oxygen atoms in total. The van der Waals surface area contributed by atoms with Crippen LogP contribution < -0.4 is 15.4 Å². The summed E-state index contributed by atoms with van der Waals surface area (Å²) in [6.45, 7) is 2.69. The van der Waals surface area contributed by atoms with E-state index in [1.54, 1.807) is 6.07 Å². The van der Waals surface area contributed by atoms with Gasteiger partial charge in [0.2, 0.25) is 0 Å². The highest BCUT2D eigenvalue weighted by atomic mass is 16.5. The molecule has 0 saturated carbocycles. The molecule has 0 unspecified atom stereocenters. The van der Waals surface area contributed by atoms with Crippen LogP contribution in [0.15, 0.2) is 48.7 Å².